The summed E-state index contributed by atoms with van der Waals surface area (Å²) in [6.45, 7) is 1.99. The van der Waals surface area contributed by atoms with Gasteiger partial charge in [0.05, 0.1) is 0 Å². The summed E-state index contributed by atoms with van der Waals surface area (Å²) in [4.78, 5) is 11.7. The molecule has 0 unspecified atom stereocenters. The fraction of sp³-hybridized carbons (Fsp3) is 0.188. The highest BCUT2D eigenvalue weighted by Gasteiger charge is 2.20. The number of carbonyl (C=O) groups is 1. The van der Waals surface area contributed by atoms with Crippen molar-refractivity contribution in [2.45, 2.75) is 19.0 Å². The van der Waals surface area contributed by atoms with Gasteiger partial charge in [-0.3, -0.25) is 10.1 Å². The highest BCUT2D eigenvalue weighted by Crippen LogP contribution is 2.21. The molecule has 2 aromatic carbocycles. The number of benzene rings is 2. The summed E-state index contributed by atoms with van der Waals surface area (Å²) in [5.74, 6) is -0.392. The number of rotatable bonds is 5. The van der Waals surface area contributed by atoms with Crippen molar-refractivity contribution in [3.63, 3.8) is 0 Å². The third kappa shape index (κ3) is 3.59. The Kier molecular flexibility index (Phi) is 4.77. The number of carbonyl (C=O) groups excluding carboxylic acids is 1. The Hall–Kier alpha value is -1.84. The Morgan fingerprint density at radius 3 is 2.20 bits per heavy atom. The number of primary amides is 1. The standard InChI is InChI=1S/C16H17ClN2O/c1-11(12-7-9-14(17)10-8-12)19-15(16(18)20)13-5-3-2-4-6-13/h2-11,15,19H,1H3,(H2,18,20)/t11-,15-/m0/s1. The molecule has 3 N–H and O–H groups in total. The summed E-state index contributed by atoms with van der Waals surface area (Å²) >= 11 is 5.87. The van der Waals surface area contributed by atoms with E-state index >= 15 is 0 Å². The van der Waals surface area contributed by atoms with Crippen molar-refractivity contribution in [2.24, 2.45) is 5.73 Å². The van der Waals surface area contributed by atoms with Crippen molar-refractivity contribution in [1.82, 2.24) is 5.32 Å². The maximum absolute atomic E-state index is 11.7. The average Bonchev–Trinajstić information content (AvgIpc) is 2.46. The van der Waals surface area contributed by atoms with E-state index in [4.69, 9.17) is 17.3 Å². The van der Waals surface area contributed by atoms with E-state index in [1.54, 1.807) is 0 Å². The van der Waals surface area contributed by atoms with Crippen LogP contribution < -0.4 is 11.1 Å². The zero-order valence-corrected chi connectivity index (χ0v) is 12.0. The normalized spacial score (nSPS) is 13.7. The number of hydrogen-bond donors (Lipinski definition) is 2. The summed E-state index contributed by atoms with van der Waals surface area (Å²) < 4.78 is 0. The summed E-state index contributed by atoms with van der Waals surface area (Å²) in [5, 5.41) is 3.94. The molecule has 0 spiro atoms. The average molecular weight is 289 g/mol. The second kappa shape index (κ2) is 6.55. The Morgan fingerprint density at radius 1 is 1.05 bits per heavy atom. The van der Waals surface area contributed by atoms with Crippen LogP contribution in [0.3, 0.4) is 0 Å². The van der Waals surface area contributed by atoms with Gasteiger partial charge in [-0.1, -0.05) is 54.1 Å². The van der Waals surface area contributed by atoms with Crippen molar-refractivity contribution in [1.29, 1.82) is 0 Å². The first-order valence-electron chi connectivity index (χ1n) is 6.43. The van der Waals surface area contributed by atoms with Crippen molar-refractivity contribution in [2.75, 3.05) is 0 Å². The molecule has 3 nitrogen and oxygen atoms in total. The molecule has 0 fully saturated rings. The lowest BCUT2D eigenvalue weighted by molar-refractivity contribution is -0.120. The largest absolute Gasteiger partial charge is 0.368 e. The van der Waals surface area contributed by atoms with E-state index < -0.39 is 11.9 Å². The predicted octanol–water partition coefficient (Wildman–Crippen LogP) is 3.22. The number of amides is 1. The Morgan fingerprint density at radius 2 is 1.65 bits per heavy atom. The minimum Gasteiger partial charge on any atom is -0.368 e. The molecule has 0 heterocycles. The van der Waals surface area contributed by atoms with Gasteiger partial charge in [0.1, 0.15) is 6.04 Å². The second-order valence-corrected chi connectivity index (χ2v) is 5.12. The van der Waals surface area contributed by atoms with Crippen molar-refractivity contribution in [3.8, 4) is 0 Å². The number of nitrogens with two attached hydrogens (primary N) is 1. The van der Waals surface area contributed by atoms with Crippen LogP contribution in [0.25, 0.3) is 0 Å². The van der Waals surface area contributed by atoms with Crippen LogP contribution in [0.5, 0.6) is 0 Å². The molecule has 4 heteroatoms. The molecule has 2 rings (SSSR count). The smallest absolute Gasteiger partial charge is 0.239 e. The quantitative estimate of drug-likeness (QED) is 0.887. The number of hydrogen-bond acceptors (Lipinski definition) is 2. The molecule has 104 valence electrons. The van der Waals surface area contributed by atoms with E-state index in [0.29, 0.717) is 5.02 Å². The van der Waals surface area contributed by atoms with Crippen LogP contribution in [-0.2, 0) is 4.79 Å². The summed E-state index contributed by atoms with van der Waals surface area (Å²) in [6.07, 6.45) is 0. The third-order valence-electron chi connectivity index (χ3n) is 3.20. The van der Waals surface area contributed by atoms with Crippen molar-refractivity contribution in [3.05, 3.63) is 70.7 Å². The molecule has 0 aromatic heterocycles. The van der Waals surface area contributed by atoms with E-state index in [9.17, 15) is 4.79 Å². The lowest BCUT2D eigenvalue weighted by Gasteiger charge is -2.21. The Balaban J connectivity index is 2.16. The summed E-state index contributed by atoms with van der Waals surface area (Å²) in [6, 6.07) is 16.5. The van der Waals surface area contributed by atoms with Gasteiger partial charge < -0.3 is 5.73 Å². The number of nitrogens with one attached hydrogen (secondary N) is 1. The molecule has 20 heavy (non-hydrogen) atoms. The van der Waals surface area contributed by atoms with Crippen LogP contribution in [0.4, 0.5) is 0 Å². The Labute approximate surface area is 123 Å². The molecule has 1 amide bonds. The Bertz CT molecular complexity index is 569. The monoisotopic (exact) mass is 288 g/mol. The molecule has 0 saturated carbocycles. The summed E-state index contributed by atoms with van der Waals surface area (Å²) in [5.41, 5.74) is 7.41. The van der Waals surface area contributed by atoms with Gasteiger partial charge in [0.15, 0.2) is 0 Å². The maximum Gasteiger partial charge on any atom is 0.239 e. The third-order valence-corrected chi connectivity index (χ3v) is 3.46. The van der Waals surface area contributed by atoms with Crippen LogP contribution in [0.15, 0.2) is 54.6 Å². The van der Waals surface area contributed by atoms with Crippen molar-refractivity contribution >= 4 is 17.5 Å². The van der Waals surface area contributed by atoms with E-state index in [0.717, 1.165) is 11.1 Å². The van der Waals surface area contributed by atoms with E-state index in [1.807, 2.05) is 61.5 Å². The highest BCUT2D eigenvalue weighted by atomic mass is 35.5. The fourth-order valence-corrected chi connectivity index (χ4v) is 2.21. The second-order valence-electron chi connectivity index (χ2n) is 4.69. The van der Waals surface area contributed by atoms with E-state index in [2.05, 4.69) is 5.32 Å². The topological polar surface area (TPSA) is 55.1 Å². The van der Waals surface area contributed by atoms with Gasteiger partial charge in [0, 0.05) is 11.1 Å². The molecular formula is C16H17ClN2O. The molecule has 2 aromatic rings. The molecular weight excluding hydrogens is 272 g/mol. The first kappa shape index (κ1) is 14.6. The zero-order valence-electron chi connectivity index (χ0n) is 11.2. The van der Waals surface area contributed by atoms with Gasteiger partial charge in [-0.25, -0.2) is 0 Å². The van der Waals surface area contributed by atoms with Gasteiger partial charge in [-0.15, -0.1) is 0 Å². The predicted molar refractivity (Wildman–Crippen MR) is 81.4 cm³/mol. The number of halogens is 1. The zero-order chi connectivity index (χ0) is 14.5. The van der Waals surface area contributed by atoms with Gasteiger partial charge in [-0.05, 0) is 30.2 Å². The lowest BCUT2D eigenvalue weighted by Crippen LogP contribution is -2.35. The molecule has 0 aliphatic carbocycles. The van der Waals surface area contributed by atoms with Crippen LogP contribution in [0.1, 0.15) is 30.1 Å². The van der Waals surface area contributed by atoms with Crippen LogP contribution >= 0.6 is 11.6 Å². The molecule has 0 saturated heterocycles. The molecule has 2 atom stereocenters. The van der Waals surface area contributed by atoms with Gasteiger partial charge in [0.25, 0.3) is 0 Å². The minimum atomic E-state index is -0.512. The first-order chi connectivity index (χ1) is 9.58. The lowest BCUT2D eigenvalue weighted by atomic mass is 10.0. The maximum atomic E-state index is 11.7. The SMILES string of the molecule is C[C@H](N[C@H](C(N)=O)c1ccccc1)c1ccc(Cl)cc1. The van der Waals surface area contributed by atoms with Crippen LogP contribution in [-0.4, -0.2) is 5.91 Å². The molecule has 0 radical (unpaired) electrons. The molecule has 0 bridgehead atoms. The summed E-state index contributed by atoms with van der Waals surface area (Å²) in [7, 11) is 0. The fourth-order valence-electron chi connectivity index (χ4n) is 2.09. The van der Waals surface area contributed by atoms with E-state index in [1.165, 1.54) is 0 Å². The van der Waals surface area contributed by atoms with Crippen LogP contribution in [0, 0.1) is 0 Å². The van der Waals surface area contributed by atoms with E-state index in [-0.39, 0.29) is 6.04 Å². The first-order valence-corrected chi connectivity index (χ1v) is 6.81. The van der Waals surface area contributed by atoms with Crippen molar-refractivity contribution < 1.29 is 4.79 Å². The van der Waals surface area contributed by atoms with Gasteiger partial charge in [-0.2, -0.15) is 0 Å². The molecule has 0 aliphatic heterocycles. The van der Waals surface area contributed by atoms with Gasteiger partial charge >= 0.3 is 0 Å². The highest BCUT2D eigenvalue weighted by molar-refractivity contribution is 6.30. The van der Waals surface area contributed by atoms with Crippen LogP contribution in [0.2, 0.25) is 5.02 Å². The minimum absolute atomic E-state index is 0.00928. The van der Waals surface area contributed by atoms with Gasteiger partial charge in [0.2, 0.25) is 5.91 Å². The molecule has 0 aliphatic rings.